The van der Waals surface area contributed by atoms with Gasteiger partial charge in [-0.05, 0) is 49.6 Å². The Hall–Kier alpha value is -1.20. The lowest BCUT2D eigenvalue weighted by Crippen LogP contribution is -2.29. The van der Waals surface area contributed by atoms with E-state index in [4.69, 9.17) is 5.84 Å². The Labute approximate surface area is 130 Å². The first-order valence-electron chi connectivity index (χ1n) is 6.43. The zero-order valence-corrected chi connectivity index (χ0v) is 13.2. The second-order valence-corrected chi connectivity index (χ2v) is 6.38. The van der Waals surface area contributed by atoms with Crippen molar-refractivity contribution in [3.63, 3.8) is 0 Å². The van der Waals surface area contributed by atoms with Gasteiger partial charge in [-0.2, -0.15) is 11.3 Å². The first kappa shape index (κ1) is 13.8. The Morgan fingerprint density at radius 3 is 2.60 bits per heavy atom. The maximum atomic E-state index is 5.73. The molecule has 0 bridgehead atoms. The van der Waals surface area contributed by atoms with Crippen LogP contribution in [-0.2, 0) is 6.42 Å². The average Bonchev–Trinajstić information content (AvgIpc) is 2.91. The smallest absolute Gasteiger partial charge is 0.0519 e. The molecular formula is C16H15BrN2S. The van der Waals surface area contributed by atoms with Gasteiger partial charge in [0.2, 0.25) is 0 Å². The molecule has 0 aliphatic carbocycles. The maximum absolute atomic E-state index is 5.73. The summed E-state index contributed by atoms with van der Waals surface area (Å²) in [6, 6.07) is 15.1. The lowest BCUT2D eigenvalue weighted by Gasteiger charge is -2.16. The first-order valence-corrected chi connectivity index (χ1v) is 8.17. The van der Waals surface area contributed by atoms with Crippen LogP contribution in [0.2, 0.25) is 0 Å². The quantitative estimate of drug-likeness (QED) is 0.542. The van der Waals surface area contributed by atoms with Crippen LogP contribution in [0, 0.1) is 0 Å². The molecule has 0 aliphatic heterocycles. The largest absolute Gasteiger partial charge is 0.271 e. The van der Waals surface area contributed by atoms with E-state index in [9.17, 15) is 0 Å². The minimum atomic E-state index is 0.122. The summed E-state index contributed by atoms with van der Waals surface area (Å²) < 4.78 is 1.12. The molecule has 1 unspecified atom stereocenters. The highest BCUT2D eigenvalue weighted by atomic mass is 79.9. The van der Waals surface area contributed by atoms with Gasteiger partial charge in [0.1, 0.15) is 0 Å². The number of halogens is 1. The molecule has 1 aromatic heterocycles. The predicted molar refractivity (Wildman–Crippen MR) is 89.7 cm³/mol. The summed E-state index contributed by atoms with van der Waals surface area (Å²) >= 11 is 5.26. The summed E-state index contributed by atoms with van der Waals surface area (Å²) in [4.78, 5) is 0. The van der Waals surface area contributed by atoms with Crippen LogP contribution in [0.25, 0.3) is 10.8 Å². The Morgan fingerprint density at radius 2 is 1.90 bits per heavy atom. The van der Waals surface area contributed by atoms with Gasteiger partial charge in [-0.1, -0.05) is 42.5 Å². The number of hydrogen-bond acceptors (Lipinski definition) is 3. The molecular weight excluding hydrogens is 332 g/mol. The summed E-state index contributed by atoms with van der Waals surface area (Å²) in [5, 5.41) is 6.76. The van der Waals surface area contributed by atoms with E-state index in [1.165, 1.54) is 21.9 Å². The highest BCUT2D eigenvalue weighted by Crippen LogP contribution is 2.29. The SMILES string of the molecule is NNC(Cc1ccc2ccccc2c1)c1cscc1Br. The van der Waals surface area contributed by atoms with E-state index in [2.05, 4.69) is 74.6 Å². The van der Waals surface area contributed by atoms with Crippen LogP contribution in [0.15, 0.2) is 57.7 Å². The van der Waals surface area contributed by atoms with Crippen LogP contribution in [0.5, 0.6) is 0 Å². The van der Waals surface area contributed by atoms with E-state index in [1.54, 1.807) is 11.3 Å². The molecule has 1 atom stereocenters. The van der Waals surface area contributed by atoms with E-state index in [0.29, 0.717) is 0 Å². The van der Waals surface area contributed by atoms with Gasteiger partial charge in [0.05, 0.1) is 6.04 Å². The van der Waals surface area contributed by atoms with E-state index < -0.39 is 0 Å². The molecule has 0 amide bonds. The van der Waals surface area contributed by atoms with Crippen LogP contribution >= 0.6 is 27.3 Å². The normalized spacial score (nSPS) is 12.7. The number of nitrogens with two attached hydrogens (primary N) is 1. The highest BCUT2D eigenvalue weighted by Gasteiger charge is 2.14. The second-order valence-electron chi connectivity index (χ2n) is 4.78. The minimum absolute atomic E-state index is 0.122. The van der Waals surface area contributed by atoms with Crippen LogP contribution in [-0.4, -0.2) is 0 Å². The van der Waals surface area contributed by atoms with Gasteiger partial charge in [-0.25, -0.2) is 0 Å². The average molecular weight is 347 g/mol. The molecule has 3 rings (SSSR count). The van der Waals surface area contributed by atoms with Crippen molar-refractivity contribution in [2.24, 2.45) is 5.84 Å². The fourth-order valence-electron chi connectivity index (χ4n) is 2.40. The van der Waals surface area contributed by atoms with Gasteiger partial charge in [0, 0.05) is 9.85 Å². The zero-order valence-electron chi connectivity index (χ0n) is 10.8. The Bertz CT molecular complexity index is 723. The van der Waals surface area contributed by atoms with Gasteiger partial charge in [-0.3, -0.25) is 11.3 Å². The van der Waals surface area contributed by atoms with Crippen molar-refractivity contribution in [2.45, 2.75) is 12.5 Å². The van der Waals surface area contributed by atoms with Gasteiger partial charge >= 0.3 is 0 Å². The molecule has 0 radical (unpaired) electrons. The molecule has 102 valence electrons. The third kappa shape index (κ3) is 2.79. The number of fused-ring (bicyclic) bond motifs is 1. The van der Waals surface area contributed by atoms with Crippen LogP contribution in [0.4, 0.5) is 0 Å². The van der Waals surface area contributed by atoms with E-state index in [-0.39, 0.29) is 6.04 Å². The molecule has 2 aromatic carbocycles. The molecule has 2 nitrogen and oxygen atoms in total. The molecule has 0 fully saturated rings. The van der Waals surface area contributed by atoms with E-state index >= 15 is 0 Å². The van der Waals surface area contributed by atoms with Crippen LogP contribution in [0.1, 0.15) is 17.2 Å². The molecule has 0 saturated carbocycles. The van der Waals surface area contributed by atoms with Crippen molar-refractivity contribution in [1.29, 1.82) is 0 Å². The summed E-state index contributed by atoms with van der Waals surface area (Å²) in [5.74, 6) is 5.73. The molecule has 20 heavy (non-hydrogen) atoms. The third-order valence-electron chi connectivity index (χ3n) is 3.47. The number of hydrazine groups is 1. The Kier molecular flexibility index (Phi) is 4.17. The monoisotopic (exact) mass is 346 g/mol. The minimum Gasteiger partial charge on any atom is -0.271 e. The maximum Gasteiger partial charge on any atom is 0.0519 e. The van der Waals surface area contributed by atoms with Gasteiger partial charge in [0.25, 0.3) is 0 Å². The summed E-state index contributed by atoms with van der Waals surface area (Å²) in [6.45, 7) is 0. The number of thiophene rings is 1. The fourth-order valence-corrected chi connectivity index (χ4v) is 4.03. The van der Waals surface area contributed by atoms with Gasteiger partial charge in [-0.15, -0.1) is 0 Å². The molecule has 0 saturated heterocycles. The van der Waals surface area contributed by atoms with Crippen molar-refractivity contribution < 1.29 is 0 Å². The van der Waals surface area contributed by atoms with Gasteiger partial charge in [0.15, 0.2) is 0 Å². The van der Waals surface area contributed by atoms with Crippen molar-refractivity contribution in [3.05, 3.63) is 68.8 Å². The number of nitrogens with one attached hydrogen (secondary N) is 1. The van der Waals surface area contributed by atoms with Crippen LogP contribution in [0.3, 0.4) is 0 Å². The molecule has 0 aliphatic rings. The predicted octanol–water partition coefficient (Wildman–Crippen LogP) is 4.41. The molecule has 1 heterocycles. The van der Waals surface area contributed by atoms with E-state index in [0.717, 1.165) is 10.9 Å². The lowest BCUT2D eigenvalue weighted by molar-refractivity contribution is 0.552. The first-order chi connectivity index (χ1) is 9.78. The van der Waals surface area contributed by atoms with Crippen molar-refractivity contribution in [2.75, 3.05) is 0 Å². The third-order valence-corrected chi connectivity index (χ3v) is 5.22. The molecule has 3 N–H and O–H groups in total. The van der Waals surface area contributed by atoms with Crippen molar-refractivity contribution >= 4 is 38.0 Å². The summed E-state index contributed by atoms with van der Waals surface area (Å²) in [5.41, 5.74) is 5.41. The van der Waals surface area contributed by atoms with Gasteiger partial charge < -0.3 is 0 Å². The summed E-state index contributed by atoms with van der Waals surface area (Å²) in [7, 11) is 0. The van der Waals surface area contributed by atoms with Crippen molar-refractivity contribution in [1.82, 2.24) is 5.43 Å². The number of rotatable bonds is 4. The van der Waals surface area contributed by atoms with Crippen LogP contribution < -0.4 is 11.3 Å². The molecule has 0 spiro atoms. The zero-order chi connectivity index (χ0) is 13.9. The Morgan fingerprint density at radius 1 is 1.10 bits per heavy atom. The highest BCUT2D eigenvalue weighted by molar-refractivity contribution is 9.10. The van der Waals surface area contributed by atoms with Crippen molar-refractivity contribution in [3.8, 4) is 0 Å². The lowest BCUT2D eigenvalue weighted by atomic mass is 9.99. The van der Waals surface area contributed by atoms with E-state index in [1.807, 2.05) is 0 Å². The second kappa shape index (κ2) is 6.06. The number of hydrogen-bond donors (Lipinski definition) is 2. The summed E-state index contributed by atoms with van der Waals surface area (Å²) in [6.07, 6.45) is 0.872. The number of benzene rings is 2. The Balaban J connectivity index is 1.89. The fraction of sp³-hybridized carbons (Fsp3) is 0.125. The topological polar surface area (TPSA) is 38.0 Å². The standard InChI is InChI=1S/C16H15BrN2S/c17-15-10-20-9-14(15)16(19-18)8-11-5-6-12-3-1-2-4-13(12)7-11/h1-7,9-10,16,19H,8,18H2. The molecule has 3 aromatic rings. The molecule has 4 heteroatoms.